The first kappa shape index (κ1) is 27.6. The lowest BCUT2D eigenvalue weighted by molar-refractivity contribution is -0.119. The van der Waals surface area contributed by atoms with E-state index in [-0.39, 0.29) is 11.9 Å². The van der Waals surface area contributed by atoms with Crippen molar-refractivity contribution in [2.45, 2.75) is 58.3 Å². The second kappa shape index (κ2) is 11.3. The third-order valence-electron chi connectivity index (χ3n) is 7.98. The van der Waals surface area contributed by atoms with Gasteiger partial charge in [-0.3, -0.25) is 9.69 Å². The van der Waals surface area contributed by atoms with Crippen LogP contribution in [0.15, 0.2) is 42.6 Å². The number of methoxy groups -OCH3 is 1. The number of hydrogen-bond acceptors (Lipinski definition) is 6. The summed E-state index contributed by atoms with van der Waals surface area (Å²) in [5.41, 5.74) is 5.35. The minimum Gasteiger partial charge on any atom is -0.481 e. The average molecular weight is 552 g/mol. The van der Waals surface area contributed by atoms with Crippen LogP contribution in [0, 0.1) is 12.8 Å². The van der Waals surface area contributed by atoms with Gasteiger partial charge in [0.15, 0.2) is 0 Å². The van der Waals surface area contributed by atoms with Crippen LogP contribution in [-0.4, -0.2) is 63.9 Å². The highest BCUT2D eigenvalue weighted by Gasteiger charge is 2.37. The second-order valence-electron chi connectivity index (χ2n) is 11.3. The van der Waals surface area contributed by atoms with Crippen LogP contribution < -0.4 is 15.4 Å². The predicted molar refractivity (Wildman–Crippen MR) is 153 cm³/mol. The molecule has 1 atom stereocenters. The van der Waals surface area contributed by atoms with Crippen LogP contribution >= 0.6 is 11.6 Å². The zero-order valence-electron chi connectivity index (χ0n) is 23.1. The molecule has 2 aliphatic heterocycles. The highest BCUT2D eigenvalue weighted by Crippen LogP contribution is 2.33. The third kappa shape index (κ3) is 6.14. The number of hydrogen-bond donors (Lipinski definition) is 3. The molecule has 2 aromatic heterocycles. The summed E-state index contributed by atoms with van der Waals surface area (Å²) in [5.74, 6) is 0.974. The first-order chi connectivity index (χ1) is 18.6. The van der Waals surface area contributed by atoms with Crippen LogP contribution in [0.3, 0.4) is 0 Å². The number of halogens is 1. The van der Waals surface area contributed by atoms with Gasteiger partial charge in [-0.2, -0.15) is 0 Å². The van der Waals surface area contributed by atoms with Crippen LogP contribution in [0.1, 0.15) is 43.5 Å². The van der Waals surface area contributed by atoms with Gasteiger partial charge in [-0.05, 0) is 63.1 Å². The number of ether oxygens (including phenoxy) is 1. The van der Waals surface area contributed by atoms with E-state index in [9.17, 15) is 9.90 Å². The summed E-state index contributed by atoms with van der Waals surface area (Å²) in [5, 5.41) is 17.3. The molecular weight excluding hydrogens is 514 g/mol. The van der Waals surface area contributed by atoms with Crippen LogP contribution in [0.25, 0.3) is 16.9 Å². The van der Waals surface area contributed by atoms with E-state index >= 15 is 0 Å². The fourth-order valence-electron chi connectivity index (χ4n) is 5.37. The van der Waals surface area contributed by atoms with Crippen LogP contribution in [-0.2, 0) is 17.9 Å². The number of carbonyl (C=O) groups excluding carboxylic acids is 1. The maximum atomic E-state index is 11.4. The molecule has 8 nitrogen and oxygen atoms in total. The summed E-state index contributed by atoms with van der Waals surface area (Å²) < 4.78 is 7.78. The largest absolute Gasteiger partial charge is 0.481 e. The van der Waals surface area contributed by atoms with Crippen LogP contribution in [0.5, 0.6) is 5.88 Å². The Bertz CT molecular complexity index is 1340. The molecule has 2 saturated heterocycles. The lowest BCUT2D eigenvalue weighted by atomic mass is 9.84. The maximum Gasteiger partial charge on any atom is 0.220 e. The van der Waals surface area contributed by atoms with Crippen molar-refractivity contribution in [1.29, 1.82) is 0 Å². The summed E-state index contributed by atoms with van der Waals surface area (Å²) in [7, 11) is 1.62. The lowest BCUT2D eigenvalue weighted by Gasteiger charge is -2.45. The summed E-state index contributed by atoms with van der Waals surface area (Å²) in [4.78, 5) is 18.5. The molecule has 3 aromatic rings. The van der Waals surface area contributed by atoms with Crippen LogP contribution in [0.4, 0.5) is 0 Å². The van der Waals surface area contributed by atoms with Gasteiger partial charge in [0.1, 0.15) is 0 Å². The average Bonchev–Trinajstić information content (AvgIpc) is 3.45. The Labute approximate surface area is 235 Å². The van der Waals surface area contributed by atoms with E-state index < -0.39 is 5.60 Å². The molecule has 3 N–H and O–H groups in total. The monoisotopic (exact) mass is 551 g/mol. The summed E-state index contributed by atoms with van der Waals surface area (Å²) in [6.45, 7) is 9.83. The molecule has 0 aliphatic carbocycles. The molecule has 9 heteroatoms. The van der Waals surface area contributed by atoms with Gasteiger partial charge < -0.3 is 25.0 Å². The molecule has 0 saturated carbocycles. The van der Waals surface area contributed by atoms with E-state index in [1.165, 1.54) is 11.3 Å². The summed E-state index contributed by atoms with van der Waals surface area (Å²) >= 11 is 6.81. The SMILES string of the molecule is COc1nc(-c2ccc(-n3ccc(C)c3CN3CC(C(C)(C)O)C3)cc2Cl)ccc1CNC[C@@H]1CCC(=O)N1. The smallest absolute Gasteiger partial charge is 0.220 e. The minimum absolute atomic E-state index is 0.118. The summed E-state index contributed by atoms with van der Waals surface area (Å²) in [6, 6.07) is 12.3. The minimum atomic E-state index is -0.642. The van der Waals surface area contributed by atoms with E-state index in [4.69, 9.17) is 21.3 Å². The molecule has 0 spiro atoms. The molecule has 2 aliphatic rings. The van der Waals surface area contributed by atoms with Crippen molar-refractivity contribution in [2.24, 2.45) is 5.92 Å². The quantitative estimate of drug-likeness (QED) is 0.352. The predicted octanol–water partition coefficient (Wildman–Crippen LogP) is 4.08. The van der Waals surface area contributed by atoms with Crippen molar-refractivity contribution in [3.05, 3.63) is 64.4 Å². The molecule has 208 valence electrons. The first-order valence-electron chi connectivity index (χ1n) is 13.6. The van der Waals surface area contributed by atoms with Gasteiger partial charge in [0, 0.05) is 79.8 Å². The zero-order valence-corrected chi connectivity index (χ0v) is 23.9. The normalized spacial score (nSPS) is 18.3. The van der Waals surface area contributed by atoms with E-state index in [0.717, 1.165) is 48.6 Å². The standard InChI is InChI=1S/C30H38ClN5O3/c1-19-11-12-36(27(19)18-35-16-21(17-35)30(2,3)38)23-7-8-24(25(31)13-23)26-9-5-20(29(34-26)39-4)14-32-15-22-6-10-28(37)33-22/h5,7-9,11-13,21-22,32,38H,6,10,14-18H2,1-4H3,(H,33,37)/t22-/m0/s1. The van der Waals surface area contributed by atoms with Crippen molar-refractivity contribution in [2.75, 3.05) is 26.7 Å². The number of benzene rings is 1. The fraction of sp³-hybridized carbons (Fsp3) is 0.467. The fourth-order valence-corrected chi connectivity index (χ4v) is 5.64. The van der Waals surface area contributed by atoms with E-state index in [1.54, 1.807) is 7.11 Å². The van der Waals surface area contributed by atoms with E-state index in [2.05, 4.69) is 45.4 Å². The molecule has 0 radical (unpaired) electrons. The van der Waals surface area contributed by atoms with Gasteiger partial charge in [-0.25, -0.2) is 4.98 Å². The Hall–Kier alpha value is -2.91. The topological polar surface area (TPSA) is 91.7 Å². The van der Waals surface area contributed by atoms with Gasteiger partial charge in [-0.1, -0.05) is 17.7 Å². The van der Waals surface area contributed by atoms with Gasteiger partial charge >= 0.3 is 0 Å². The molecule has 5 rings (SSSR count). The van der Waals surface area contributed by atoms with Gasteiger partial charge in [0.05, 0.1) is 23.4 Å². The number of nitrogens with zero attached hydrogens (tertiary/aromatic N) is 3. The lowest BCUT2D eigenvalue weighted by Crippen LogP contribution is -2.55. The molecule has 2 fully saturated rings. The Kier molecular flexibility index (Phi) is 8.01. The molecule has 39 heavy (non-hydrogen) atoms. The Morgan fingerprint density at radius 3 is 2.69 bits per heavy atom. The number of amides is 1. The molecule has 1 aromatic carbocycles. The Morgan fingerprint density at radius 1 is 1.23 bits per heavy atom. The first-order valence-corrected chi connectivity index (χ1v) is 14.0. The van der Waals surface area contributed by atoms with Gasteiger partial charge in [0.25, 0.3) is 0 Å². The van der Waals surface area contributed by atoms with Crippen molar-refractivity contribution >= 4 is 17.5 Å². The number of likely N-dealkylation sites (tertiary alicyclic amines) is 1. The van der Waals surface area contributed by atoms with Crippen molar-refractivity contribution in [3.8, 4) is 22.8 Å². The Morgan fingerprint density at radius 2 is 2.03 bits per heavy atom. The number of pyridine rings is 1. The number of aromatic nitrogens is 2. The molecular formula is C30H38ClN5O3. The third-order valence-corrected chi connectivity index (χ3v) is 8.29. The van der Waals surface area contributed by atoms with Gasteiger partial charge in [0.2, 0.25) is 11.8 Å². The molecule has 4 heterocycles. The number of carbonyl (C=O) groups is 1. The van der Waals surface area contributed by atoms with Crippen molar-refractivity contribution in [1.82, 2.24) is 25.1 Å². The molecule has 0 unspecified atom stereocenters. The number of aryl methyl sites for hydroxylation is 1. The second-order valence-corrected chi connectivity index (χ2v) is 11.7. The van der Waals surface area contributed by atoms with Gasteiger partial charge in [-0.15, -0.1) is 0 Å². The van der Waals surface area contributed by atoms with Crippen molar-refractivity contribution < 1.29 is 14.6 Å². The Balaban J connectivity index is 1.28. The molecule has 0 bridgehead atoms. The number of rotatable bonds is 10. The molecule has 1 amide bonds. The highest BCUT2D eigenvalue weighted by molar-refractivity contribution is 6.33. The van der Waals surface area contributed by atoms with Crippen molar-refractivity contribution in [3.63, 3.8) is 0 Å². The zero-order chi connectivity index (χ0) is 27.7. The summed E-state index contributed by atoms with van der Waals surface area (Å²) in [6.07, 6.45) is 3.54. The number of nitrogens with one attached hydrogen (secondary N) is 2. The maximum absolute atomic E-state index is 11.4. The number of aliphatic hydroxyl groups is 1. The van der Waals surface area contributed by atoms with E-state index in [0.29, 0.717) is 36.3 Å². The highest BCUT2D eigenvalue weighted by atomic mass is 35.5. The van der Waals surface area contributed by atoms with Crippen LogP contribution in [0.2, 0.25) is 5.02 Å². The van der Waals surface area contributed by atoms with E-state index in [1.807, 2.05) is 38.1 Å².